The second kappa shape index (κ2) is 5.46. The summed E-state index contributed by atoms with van der Waals surface area (Å²) in [5.41, 5.74) is 8.37. The summed E-state index contributed by atoms with van der Waals surface area (Å²) in [4.78, 5) is 23.4. The highest BCUT2D eigenvalue weighted by Crippen LogP contribution is 2.16. The van der Waals surface area contributed by atoms with Crippen molar-refractivity contribution in [3.63, 3.8) is 0 Å². The fourth-order valence-electron chi connectivity index (χ4n) is 2.05. The average molecular weight is 273 g/mol. The van der Waals surface area contributed by atoms with Gasteiger partial charge in [0.25, 0.3) is 0 Å². The molecule has 1 aromatic carbocycles. The molecular formula is C15H19N3O2. The highest BCUT2D eigenvalue weighted by molar-refractivity contribution is 5.31. The summed E-state index contributed by atoms with van der Waals surface area (Å²) in [6, 6.07) is 5.67. The first-order chi connectivity index (χ1) is 9.40. The molecule has 0 aliphatic heterocycles. The van der Waals surface area contributed by atoms with Crippen LogP contribution >= 0.6 is 0 Å². The molecule has 0 fully saturated rings. The Morgan fingerprint density at radius 3 is 2.45 bits per heavy atom. The molecule has 0 bridgehead atoms. The minimum absolute atomic E-state index is 0.289. The number of aromatic nitrogens is 2. The molecule has 0 saturated carbocycles. The average Bonchev–Trinajstić information content (AvgIpc) is 2.42. The molecule has 2 rings (SSSR count). The van der Waals surface area contributed by atoms with Crippen LogP contribution in [0.25, 0.3) is 0 Å². The third-order valence-electron chi connectivity index (χ3n) is 3.59. The van der Waals surface area contributed by atoms with Gasteiger partial charge >= 0.3 is 11.1 Å². The summed E-state index contributed by atoms with van der Waals surface area (Å²) in [6.07, 6.45) is 3.15. The van der Waals surface area contributed by atoms with Gasteiger partial charge in [0.2, 0.25) is 0 Å². The molecule has 2 N–H and O–H groups in total. The maximum atomic E-state index is 11.9. The first-order valence-corrected chi connectivity index (χ1v) is 6.49. The Morgan fingerprint density at radius 1 is 1.10 bits per heavy atom. The Labute approximate surface area is 117 Å². The summed E-state index contributed by atoms with van der Waals surface area (Å²) >= 11 is 0. The van der Waals surface area contributed by atoms with Crippen LogP contribution < -0.4 is 16.9 Å². The van der Waals surface area contributed by atoms with Gasteiger partial charge in [-0.15, -0.1) is 0 Å². The predicted molar refractivity (Wildman–Crippen MR) is 78.8 cm³/mol. The third-order valence-corrected chi connectivity index (χ3v) is 3.59. The summed E-state index contributed by atoms with van der Waals surface area (Å²) in [5.74, 6) is 0. The smallest absolute Gasteiger partial charge is 0.316 e. The van der Waals surface area contributed by atoms with E-state index in [9.17, 15) is 9.59 Å². The molecule has 0 spiro atoms. The second-order valence-corrected chi connectivity index (χ2v) is 5.12. The molecule has 0 saturated heterocycles. The van der Waals surface area contributed by atoms with Crippen molar-refractivity contribution in [2.75, 3.05) is 0 Å². The van der Waals surface area contributed by atoms with Gasteiger partial charge in [-0.05, 0) is 30.5 Å². The van der Waals surface area contributed by atoms with Gasteiger partial charge in [0.05, 0.1) is 0 Å². The zero-order chi connectivity index (χ0) is 14.9. The highest BCUT2D eigenvalue weighted by atomic mass is 16.2. The van der Waals surface area contributed by atoms with Crippen molar-refractivity contribution >= 4 is 0 Å². The Bertz CT molecular complexity index is 744. The lowest BCUT2D eigenvalue weighted by atomic mass is 10.0. The Balaban J connectivity index is 2.30. The Morgan fingerprint density at radius 2 is 1.80 bits per heavy atom. The SMILES string of the molecule is Cc1ccc(C(N)Cn2ccn(C)c(=O)c2=O)cc1C. The molecule has 0 amide bonds. The summed E-state index contributed by atoms with van der Waals surface area (Å²) in [5, 5.41) is 0. The fourth-order valence-corrected chi connectivity index (χ4v) is 2.05. The van der Waals surface area contributed by atoms with E-state index in [1.165, 1.54) is 14.7 Å². The first-order valence-electron chi connectivity index (χ1n) is 6.49. The van der Waals surface area contributed by atoms with Gasteiger partial charge in [-0.1, -0.05) is 18.2 Å². The van der Waals surface area contributed by atoms with Crippen LogP contribution in [0, 0.1) is 13.8 Å². The number of aryl methyl sites for hydroxylation is 3. The van der Waals surface area contributed by atoms with Crippen LogP contribution in [0.3, 0.4) is 0 Å². The maximum absolute atomic E-state index is 11.9. The topological polar surface area (TPSA) is 70.0 Å². The molecule has 1 heterocycles. The molecule has 0 aliphatic carbocycles. The van der Waals surface area contributed by atoms with Crippen LogP contribution in [-0.2, 0) is 13.6 Å². The molecule has 2 aromatic rings. The van der Waals surface area contributed by atoms with Crippen LogP contribution in [0.2, 0.25) is 0 Å². The minimum Gasteiger partial charge on any atom is -0.322 e. The molecule has 0 radical (unpaired) electrons. The molecule has 106 valence electrons. The van der Waals surface area contributed by atoms with E-state index in [0.717, 1.165) is 11.1 Å². The molecule has 1 atom stereocenters. The monoisotopic (exact) mass is 273 g/mol. The lowest BCUT2D eigenvalue weighted by Gasteiger charge is -2.15. The van der Waals surface area contributed by atoms with E-state index in [1.807, 2.05) is 32.0 Å². The summed E-state index contributed by atoms with van der Waals surface area (Å²) in [7, 11) is 1.55. The number of rotatable bonds is 3. The van der Waals surface area contributed by atoms with Crippen molar-refractivity contribution in [3.8, 4) is 0 Å². The van der Waals surface area contributed by atoms with Gasteiger partial charge in [-0.25, -0.2) is 0 Å². The molecule has 0 aliphatic rings. The molecule has 5 heteroatoms. The number of hydrogen-bond donors (Lipinski definition) is 1. The van der Waals surface area contributed by atoms with E-state index in [4.69, 9.17) is 5.73 Å². The van der Waals surface area contributed by atoms with E-state index >= 15 is 0 Å². The predicted octanol–water partition coefficient (Wildman–Crippen LogP) is 0.864. The van der Waals surface area contributed by atoms with E-state index < -0.39 is 11.1 Å². The summed E-state index contributed by atoms with van der Waals surface area (Å²) in [6.45, 7) is 4.35. The van der Waals surface area contributed by atoms with E-state index in [2.05, 4.69) is 0 Å². The molecule has 1 aromatic heterocycles. The van der Waals surface area contributed by atoms with Gasteiger partial charge < -0.3 is 14.9 Å². The maximum Gasteiger partial charge on any atom is 0.316 e. The van der Waals surface area contributed by atoms with E-state index in [0.29, 0.717) is 0 Å². The van der Waals surface area contributed by atoms with Crippen molar-refractivity contribution in [2.24, 2.45) is 12.8 Å². The van der Waals surface area contributed by atoms with Gasteiger partial charge in [-0.2, -0.15) is 0 Å². The zero-order valence-corrected chi connectivity index (χ0v) is 12.0. The number of nitrogens with two attached hydrogens (primary N) is 1. The lowest BCUT2D eigenvalue weighted by molar-refractivity contribution is 0.547. The summed E-state index contributed by atoms with van der Waals surface area (Å²) < 4.78 is 2.63. The second-order valence-electron chi connectivity index (χ2n) is 5.12. The lowest BCUT2D eigenvalue weighted by Crippen LogP contribution is -2.40. The van der Waals surface area contributed by atoms with Gasteiger partial charge in [0.1, 0.15) is 0 Å². The van der Waals surface area contributed by atoms with Gasteiger partial charge in [0.15, 0.2) is 0 Å². The molecule has 5 nitrogen and oxygen atoms in total. The third kappa shape index (κ3) is 2.72. The van der Waals surface area contributed by atoms with Crippen LogP contribution in [-0.4, -0.2) is 9.13 Å². The fraction of sp³-hybridized carbons (Fsp3) is 0.333. The zero-order valence-electron chi connectivity index (χ0n) is 12.0. The highest BCUT2D eigenvalue weighted by Gasteiger charge is 2.10. The quantitative estimate of drug-likeness (QED) is 0.843. The number of nitrogens with zero attached hydrogens (tertiary/aromatic N) is 2. The Kier molecular flexibility index (Phi) is 3.90. The van der Waals surface area contributed by atoms with E-state index in [1.54, 1.807) is 19.4 Å². The largest absolute Gasteiger partial charge is 0.322 e. The van der Waals surface area contributed by atoms with Crippen molar-refractivity contribution in [1.29, 1.82) is 0 Å². The van der Waals surface area contributed by atoms with Crippen molar-refractivity contribution in [2.45, 2.75) is 26.4 Å². The van der Waals surface area contributed by atoms with Gasteiger partial charge in [-0.3, -0.25) is 9.59 Å². The molecule has 1 unspecified atom stereocenters. The van der Waals surface area contributed by atoms with Crippen LogP contribution in [0.1, 0.15) is 22.7 Å². The number of hydrogen-bond acceptors (Lipinski definition) is 3. The van der Waals surface area contributed by atoms with Crippen molar-refractivity contribution in [3.05, 3.63) is 68.0 Å². The van der Waals surface area contributed by atoms with Gasteiger partial charge in [0, 0.05) is 32.0 Å². The van der Waals surface area contributed by atoms with Crippen molar-refractivity contribution in [1.82, 2.24) is 9.13 Å². The van der Waals surface area contributed by atoms with Crippen LogP contribution in [0.4, 0.5) is 0 Å². The van der Waals surface area contributed by atoms with Crippen LogP contribution in [0.15, 0.2) is 40.2 Å². The van der Waals surface area contributed by atoms with E-state index in [-0.39, 0.29) is 12.6 Å². The minimum atomic E-state index is -0.547. The van der Waals surface area contributed by atoms with Crippen LogP contribution in [0.5, 0.6) is 0 Å². The number of benzene rings is 1. The molecular weight excluding hydrogens is 254 g/mol. The van der Waals surface area contributed by atoms with Crippen molar-refractivity contribution < 1.29 is 0 Å². The standard InChI is InChI=1S/C15H19N3O2/c1-10-4-5-12(8-11(10)2)13(16)9-18-7-6-17(3)14(19)15(18)20/h4-8,13H,9,16H2,1-3H3. The first kappa shape index (κ1) is 14.3. The Hall–Kier alpha value is -2.14. The molecule has 20 heavy (non-hydrogen) atoms. The normalized spacial score (nSPS) is 12.4.